The summed E-state index contributed by atoms with van der Waals surface area (Å²) in [7, 11) is 2.19. The van der Waals surface area contributed by atoms with Gasteiger partial charge in [-0.05, 0) is 24.7 Å². The molecule has 4 heteroatoms. The molecule has 2 saturated heterocycles. The van der Waals surface area contributed by atoms with E-state index in [1.165, 1.54) is 5.56 Å². The Hall–Kier alpha value is -0.970. The number of nitrogens with one attached hydrogen (secondary N) is 1. The van der Waals surface area contributed by atoms with Gasteiger partial charge in [-0.3, -0.25) is 4.90 Å². The lowest BCUT2D eigenvalue weighted by Gasteiger charge is -2.45. The van der Waals surface area contributed by atoms with Gasteiger partial charge in [-0.1, -0.05) is 12.1 Å². The van der Waals surface area contributed by atoms with Crippen LogP contribution in [0.1, 0.15) is 5.56 Å². The van der Waals surface area contributed by atoms with Crippen molar-refractivity contribution in [3.8, 4) is 0 Å². The van der Waals surface area contributed by atoms with Gasteiger partial charge in [0.25, 0.3) is 0 Å². The third-order valence-corrected chi connectivity index (χ3v) is 3.81. The third-order valence-electron chi connectivity index (χ3n) is 3.81. The van der Waals surface area contributed by atoms with Gasteiger partial charge in [0.05, 0.1) is 0 Å². The zero-order valence-corrected chi connectivity index (χ0v) is 10.8. The van der Waals surface area contributed by atoms with Crippen molar-refractivity contribution >= 4 is 0 Å². The van der Waals surface area contributed by atoms with Crippen molar-refractivity contribution in [2.45, 2.75) is 18.6 Å². The topological polar surface area (TPSA) is 18.5 Å². The second kappa shape index (κ2) is 4.96. The van der Waals surface area contributed by atoms with Gasteiger partial charge >= 0.3 is 0 Å². The maximum Gasteiger partial charge on any atom is 0.123 e. The summed E-state index contributed by atoms with van der Waals surface area (Å²) in [4.78, 5) is 4.88. The number of piperazine rings is 2. The van der Waals surface area contributed by atoms with E-state index >= 15 is 0 Å². The molecule has 1 aromatic rings. The summed E-state index contributed by atoms with van der Waals surface area (Å²) < 4.78 is 12.9. The summed E-state index contributed by atoms with van der Waals surface area (Å²) in [5.41, 5.74) is 1.20. The highest BCUT2D eigenvalue weighted by Gasteiger charge is 2.31. The molecule has 2 bridgehead atoms. The Morgan fingerprint density at radius 3 is 2.33 bits per heavy atom. The average Bonchev–Trinajstić information content (AvgIpc) is 2.30. The van der Waals surface area contributed by atoms with Gasteiger partial charge in [-0.25, -0.2) is 4.39 Å². The molecule has 98 valence electrons. The quantitative estimate of drug-likeness (QED) is 0.840. The third kappa shape index (κ3) is 2.71. The van der Waals surface area contributed by atoms with Gasteiger partial charge in [0.2, 0.25) is 0 Å². The second-order valence-electron chi connectivity index (χ2n) is 5.60. The molecule has 3 rings (SSSR count). The van der Waals surface area contributed by atoms with Gasteiger partial charge in [0, 0.05) is 44.8 Å². The standard InChI is InChI=1S/C14H20FN3/c1-17-7-13-9-18(10-14(8-17)16-13)6-11-2-4-12(15)5-3-11/h2-5,13-14,16H,6-10H2,1H3. The van der Waals surface area contributed by atoms with Crippen LogP contribution in [0, 0.1) is 5.82 Å². The van der Waals surface area contributed by atoms with Gasteiger partial charge in [0.1, 0.15) is 5.82 Å². The van der Waals surface area contributed by atoms with Crippen LogP contribution in [0.2, 0.25) is 0 Å². The van der Waals surface area contributed by atoms with Crippen LogP contribution in [0.15, 0.2) is 24.3 Å². The SMILES string of the molecule is CN1CC2CN(Cc3ccc(F)cc3)CC(C1)N2. The lowest BCUT2D eigenvalue weighted by Crippen LogP contribution is -2.66. The van der Waals surface area contributed by atoms with Gasteiger partial charge in [0.15, 0.2) is 0 Å². The maximum atomic E-state index is 12.9. The van der Waals surface area contributed by atoms with Crippen molar-refractivity contribution in [3.63, 3.8) is 0 Å². The Bertz CT molecular complexity index is 388. The number of likely N-dealkylation sites (N-methyl/N-ethyl adjacent to an activating group) is 1. The molecule has 3 nitrogen and oxygen atoms in total. The Morgan fingerprint density at radius 2 is 1.72 bits per heavy atom. The van der Waals surface area contributed by atoms with E-state index in [9.17, 15) is 4.39 Å². The highest BCUT2D eigenvalue weighted by molar-refractivity contribution is 5.16. The Labute approximate surface area is 108 Å². The normalized spacial score (nSPS) is 29.4. The molecule has 2 fully saturated rings. The van der Waals surface area contributed by atoms with E-state index in [2.05, 4.69) is 22.2 Å². The number of nitrogens with zero attached hydrogens (tertiary/aromatic N) is 2. The van der Waals surface area contributed by atoms with E-state index in [0.29, 0.717) is 12.1 Å². The fraction of sp³-hybridized carbons (Fsp3) is 0.571. The zero-order valence-electron chi connectivity index (χ0n) is 10.8. The van der Waals surface area contributed by atoms with Crippen LogP contribution < -0.4 is 5.32 Å². The molecular formula is C14H20FN3. The first-order chi connectivity index (χ1) is 8.69. The maximum absolute atomic E-state index is 12.9. The zero-order chi connectivity index (χ0) is 12.5. The molecule has 2 unspecified atom stereocenters. The number of rotatable bonds is 2. The molecule has 0 saturated carbocycles. The molecule has 1 N–H and O–H groups in total. The number of fused-ring (bicyclic) bond motifs is 2. The van der Waals surface area contributed by atoms with Crippen molar-refractivity contribution < 1.29 is 4.39 Å². The molecule has 1 aromatic carbocycles. The molecule has 18 heavy (non-hydrogen) atoms. The molecule has 0 radical (unpaired) electrons. The smallest absolute Gasteiger partial charge is 0.123 e. The van der Waals surface area contributed by atoms with Crippen molar-refractivity contribution in [1.82, 2.24) is 15.1 Å². The fourth-order valence-corrected chi connectivity index (χ4v) is 3.16. The predicted molar refractivity (Wildman–Crippen MR) is 69.9 cm³/mol. The molecule has 2 atom stereocenters. The van der Waals surface area contributed by atoms with E-state index in [0.717, 1.165) is 32.7 Å². The van der Waals surface area contributed by atoms with Crippen molar-refractivity contribution in [2.75, 3.05) is 33.2 Å². The summed E-state index contributed by atoms with van der Waals surface area (Å²) in [5, 5.41) is 3.66. The number of hydrogen-bond donors (Lipinski definition) is 1. The summed E-state index contributed by atoms with van der Waals surface area (Å²) in [6.45, 7) is 5.34. The predicted octanol–water partition coefficient (Wildman–Crippen LogP) is 0.913. The second-order valence-corrected chi connectivity index (χ2v) is 5.60. The Balaban J connectivity index is 1.62. The van der Waals surface area contributed by atoms with Crippen LogP contribution in [0.25, 0.3) is 0 Å². The Morgan fingerprint density at radius 1 is 1.11 bits per heavy atom. The molecule has 0 aliphatic carbocycles. The molecule has 2 aliphatic rings. The summed E-state index contributed by atoms with van der Waals surface area (Å²) in [6, 6.07) is 8.02. The lowest BCUT2D eigenvalue weighted by atomic mass is 10.0. The van der Waals surface area contributed by atoms with Gasteiger partial charge < -0.3 is 10.2 Å². The van der Waals surface area contributed by atoms with Gasteiger partial charge in [-0.2, -0.15) is 0 Å². The highest BCUT2D eigenvalue weighted by Crippen LogP contribution is 2.15. The Kier molecular flexibility index (Phi) is 3.33. The first-order valence-electron chi connectivity index (χ1n) is 6.60. The number of hydrogen-bond acceptors (Lipinski definition) is 3. The van der Waals surface area contributed by atoms with Crippen molar-refractivity contribution in [2.24, 2.45) is 0 Å². The summed E-state index contributed by atoms with van der Waals surface area (Å²) >= 11 is 0. The minimum atomic E-state index is -0.155. The number of benzene rings is 1. The van der Waals surface area contributed by atoms with E-state index in [4.69, 9.17) is 0 Å². The van der Waals surface area contributed by atoms with Crippen LogP contribution >= 0.6 is 0 Å². The van der Waals surface area contributed by atoms with E-state index in [1.807, 2.05) is 12.1 Å². The fourth-order valence-electron chi connectivity index (χ4n) is 3.16. The van der Waals surface area contributed by atoms with Crippen LogP contribution in [0.3, 0.4) is 0 Å². The van der Waals surface area contributed by atoms with E-state index in [-0.39, 0.29) is 5.82 Å². The highest BCUT2D eigenvalue weighted by atomic mass is 19.1. The monoisotopic (exact) mass is 249 g/mol. The molecular weight excluding hydrogens is 229 g/mol. The van der Waals surface area contributed by atoms with Crippen molar-refractivity contribution in [3.05, 3.63) is 35.6 Å². The molecule has 0 spiro atoms. The first kappa shape index (κ1) is 12.1. The van der Waals surface area contributed by atoms with Crippen LogP contribution in [-0.2, 0) is 6.54 Å². The average molecular weight is 249 g/mol. The van der Waals surface area contributed by atoms with E-state index in [1.54, 1.807) is 12.1 Å². The molecule has 2 heterocycles. The first-order valence-corrected chi connectivity index (χ1v) is 6.60. The minimum absolute atomic E-state index is 0.155. The molecule has 0 aromatic heterocycles. The molecule has 2 aliphatic heterocycles. The van der Waals surface area contributed by atoms with Gasteiger partial charge in [-0.15, -0.1) is 0 Å². The number of halogens is 1. The minimum Gasteiger partial charge on any atom is -0.306 e. The lowest BCUT2D eigenvalue weighted by molar-refractivity contribution is 0.0769. The summed E-state index contributed by atoms with van der Waals surface area (Å²) in [5.74, 6) is -0.155. The summed E-state index contributed by atoms with van der Waals surface area (Å²) in [6.07, 6.45) is 0. The molecule has 0 amide bonds. The van der Waals surface area contributed by atoms with Crippen LogP contribution in [-0.4, -0.2) is 55.1 Å². The largest absolute Gasteiger partial charge is 0.306 e. The van der Waals surface area contributed by atoms with Crippen molar-refractivity contribution in [1.29, 1.82) is 0 Å². The van der Waals surface area contributed by atoms with E-state index < -0.39 is 0 Å². The van der Waals surface area contributed by atoms with Crippen LogP contribution in [0.4, 0.5) is 4.39 Å². The van der Waals surface area contributed by atoms with Crippen LogP contribution in [0.5, 0.6) is 0 Å².